The molecule has 1 aromatic heterocycles. The number of carbonyl (C=O) groups is 1. The summed E-state index contributed by atoms with van der Waals surface area (Å²) in [6.45, 7) is 1.59. The van der Waals surface area contributed by atoms with Gasteiger partial charge in [-0.2, -0.15) is 0 Å². The highest BCUT2D eigenvalue weighted by Crippen LogP contribution is 2.50. The number of halogens is 3. The number of alkyl halides is 1. The largest absolute Gasteiger partial charge is 0.340 e. The summed E-state index contributed by atoms with van der Waals surface area (Å²) in [5.41, 5.74) is 2.02. The van der Waals surface area contributed by atoms with Gasteiger partial charge in [0.05, 0.1) is 5.56 Å². The fraction of sp³-hybridized carbons (Fsp3) is 0.400. The van der Waals surface area contributed by atoms with Crippen molar-refractivity contribution < 1.29 is 13.6 Å². The van der Waals surface area contributed by atoms with Crippen molar-refractivity contribution in [3.63, 3.8) is 0 Å². The fourth-order valence-corrected chi connectivity index (χ4v) is 4.57. The second kappa shape index (κ2) is 7.69. The highest BCUT2D eigenvalue weighted by atomic mass is 127. The van der Waals surface area contributed by atoms with Crippen molar-refractivity contribution in [1.29, 1.82) is 0 Å². The Hall–Kier alpha value is -1.77. The van der Waals surface area contributed by atoms with E-state index < -0.39 is 11.6 Å². The molecular weight excluding hydrogens is 463 g/mol. The third-order valence-electron chi connectivity index (χ3n) is 5.26. The zero-order valence-electron chi connectivity index (χ0n) is 14.7. The number of hydrogen-bond acceptors (Lipinski definition) is 3. The predicted octanol–water partition coefficient (Wildman–Crippen LogP) is 4.88. The molecule has 0 bridgehead atoms. The highest BCUT2D eigenvalue weighted by molar-refractivity contribution is 14.1. The molecule has 0 radical (unpaired) electrons. The number of rotatable bonds is 5. The minimum absolute atomic E-state index is 0.0206. The van der Waals surface area contributed by atoms with E-state index in [1.165, 1.54) is 6.07 Å². The Labute approximate surface area is 170 Å². The van der Waals surface area contributed by atoms with Crippen molar-refractivity contribution >= 4 is 40.0 Å². The maximum absolute atomic E-state index is 13.5. The van der Waals surface area contributed by atoms with Crippen LogP contribution >= 0.6 is 22.6 Å². The summed E-state index contributed by atoms with van der Waals surface area (Å²) in [6, 6.07) is 5.61. The topological polar surface area (TPSA) is 45.2 Å². The van der Waals surface area contributed by atoms with Crippen LogP contribution in [-0.2, 0) is 0 Å². The molecule has 2 unspecified atom stereocenters. The summed E-state index contributed by atoms with van der Waals surface area (Å²) >= 11 is 2.37. The molecule has 1 N–H and O–H groups in total. The lowest BCUT2D eigenvalue weighted by Crippen LogP contribution is -2.27. The Morgan fingerprint density at radius 3 is 2.67 bits per heavy atom. The van der Waals surface area contributed by atoms with Gasteiger partial charge in [0.2, 0.25) is 0 Å². The lowest BCUT2D eigenvalue weighted by Gasteiger charge is -2.17. The van der Waals surface area contributed by atoms with E-state index in [4.69, 9.17) is 0 Å². The molecule has 1 aromatic carbocycles. The average Bonchev–Trinajstić information content (AvgIpc) is 3.26. The maximum Gasteiger partial charge on any atom is 0.255 e. The van der Waals surface area contributed by atoms with Gasteiger partial charge in [0.25, 0.3) is 5.91 Å². The maximum atomic E-state index is 13.5. The zero-order chi connectivity index (χ0) is 19.0. The Bertz CT molecular complexity index is 870. The zero-order valence-corrected chi connectivity index (χ0v) is 16.9. The molecule has 2 aromatic rings. The fourth-order valence-electron chi connectivity index (χ4n) is 3.60. The second-order valence-electron chi connectivity index (χ2n) is 7.17. The van der Waals surface area contributed by atoms with Gasteiger partial charge in [0, 0.05) is 35.5 Å². The van der Waals surface area contributed by atoms with E-state index >= 15 is 0 Å². The Morgan fingerprint density at radius 2 is 2.00 bits per heavy atom. The van der Waals surface area contributed by atoms with Crippen LogP contribution in [-0.4, -0.2) is 33.3 Å². The van der Waals surface area contributed by atoms with Gasteiger partial charge in [-0.25, -0.2) is 13.8 Å². The molecule has 1 aliphatic carbocycles. The van der Waals surface area contributed by atoms with E-state index in [1.54, 1.807) is 6.20 Å². The van der Waals surface area contributed by atoms with Gasteiger partial charge < -0.3 is 10.2 Å². The van der Waals surface area contributed by atoms with Gasteiger partial charge >= 0.3 is 0 Å². The number of hydrogen-bond donors (Lipinski definition) is 1. The number of carbonyl (C=O) groups excluding carboxylic acids is 1. The molecule has 1 aliphatic heterocycles. The quantitative estimate of drug-likeness (QED) is 0.488. The standard InChI is InChI=1S/C20H20F2IN3O/c21-17-4-3-14(9-18(17)22)25-19-16(15-7-12(15)10-23)8-13(11-24-19)20(27)26-5-1-2-6-26/h3-4,8-9,11-12,15H,1-2,5-7,10H2,(H,24,25). The first-order valence-corrected chi connectivity index (χ1v) is 10.7. The summed E-state index contributed by atoms with van der Waals surface area (Å²) < 4.78 is 27.7. The van der Waals surface area contributed by atoms with Gasteiger partial charge in [-0.15, -0.1) is 0 Å². The Morgan fingerprint density at radius 1 is 1.22 bits per heavy atom. The first-order chi connectivity index (χ1) is 13.1. The number of anilines is 2. The molecule has 4 nitrogen and oxygen atoms in total. The summed E-state index contributed by atoms with van der Waals surface area (Å²) in [6.07, 6.45) is 4.72. The minimum Gasteiger partial charge on any atom is -0.340 e. The van der Waals surface area contributed by atoms with Crippen LogP contribution in [0.3, 0.4) is 0 Å². The first-order valence-electron chi connectivity index (χ1n) is 9.14. The van der Waals surface area contributed by atoms with Crippen molar-refractivity contribution in [2.45, 2.75) is 25.2 Å². The molecule has 2 heterocycles. The van der Waals surface area contributed by atoms with E-state index in [0.29, 0.717) is 28.9 Å². The van der Waals surface area contributed by atoms with Crippen LogP contribution < -0.4 is 5.32 Å². The van der Waals surface area contributed by atoms with Crippen molar-refractivity contribution in [3.8, 4) is 0 Å². The van der Waals surface area contributed by atoms with Crippen molar-refractivity contribution in [3.05, 3.63) is 53.2 Å². The molecule has 2 aliphatic rings. The van der Waals surface area contributed by atoms with Crippen molar-refractivity contribution in [1.82, 2.24) is 9.88 Å². The Kier molecular flexibility index (Phi) is 5.29. The molecular formula is C20H20F2IN3O. The minimum atomic E-state index is -0.904. The van der Waals surface area contributed by atoms with E-state index in [9.17, 15) is 13.6 Å². The molecule has 142 valence electrons. The molecule has 2 atom stereocenters. The van der Waals surface area contributed by atoms with Gasteiger partial charge in [0.1, 0.15) is 5.82 Å². The number of nitrogens with one attached hydrogen (secondary N) is 1. The summed E-state index contributed by atoms with van der Waals surface area (Å²) in [5, 5.41) is 3.10. The van der Waals surface area contributed by atoms with E-state index in [2.05, 4.69) is 32.9 Å². The molecule has 2 fully saturated rings. The van der Waals surface area contributed by atoms with Crippen LogP contribution in [0.1, 0.15) is 41.1 Å². The summed E-state index contributed by atoms with van der Waals surface area (Å²) in [7, 11) is 0. The second-order valence-corrected chi connectivity index (χ2v) is 8.05. The van der Waals surface area contributed by atoms with E-state index in [-0.39, 0.29) is 5.91 Å². The normalized spacial score (nSPS) is 21.4. The Balaban J connectivity index is 1.64. The van der Waals surface area contributed by atoms with Crippen LogP contribution in [0.5, 0.6) is 0 Å². The third kappa shape index (κ3) is 3.93. The molecule has 7 heteroatoms. The molecule has 4 rings (SSSR count). The average molecular weight is 483 g/mol. The number of likely N-dealkylation sites (tertiary alicyclic amines) is 1. The SMILES string of the molecule is O=C(c1cnc(Nc2ccc(F)c(F)c2)c(C2CC2CI)c1)N1CCCC1. The smallest absolute Gasteiger partial charge is 0.255 e. The number of nitrogens with zero attached hydrogens (tertiary/aromatic N) is 2. The molecule has 1 saturated heterocycles. The summed E-state index contributed by atoms with van der Waals surface area (Å²) in [5.74, 6) is -0.251. The van der Waals surface area contributed by atoms with Crippen molar-refractivity contribution in [2.75, 3.05) is 22.8 Å². The van der Waals surface area contributed by atoms with Gasteiger partial charge in [-0.3, -0.25) is 4.79 Å². The van der Waals surface area contributed by atoms with Gasteiger partial charge in [-0.05, 0) is 54.9 Å². The lowest BCUT2D eigenvalue weighted by atomic mass is 10.1. The van der Waals surface area contributed by atoms with Crippen LogP contribution in [0.2, 0.25) is 0 Å². The summed E-state index contributed by atoms with van der Waals surface area (Å²) in [4.78, 5) is 19.1. The molecule has 1 saturated carbocycles. The van der Waals surface area contributed by atoms with Crippen LogP contribution in [0.25, 0.3) is 0 Å². The van der Waals surface area contributed by atoms with Crippen LogP contribution in [0, 0.1) is 17.6 Å². The monoisotopic (exact) mass is 483 g/mol. The number of aromatic nitrogens is 1. The molecule has 27 heavy (non-hydrogen) atoms. The van der Waals surface area contributed by atoms with Crippen molar-refractivity contribution in [2.24, 2.45) is 5.92 Å². The van der Waals surface area contributed by atoms with Gasteiger partial charge in [0.15, 0.2) is 11.6 Å². The lowest BCUT2D eigenvalue weighted by molar-refractivity contribution is 0.0792. The predicted molar refractivity (Wildman–Crippen MR) is 109 cm³/mol. The molecule has 1 amide bonds. The number of pyridine rings is 1. The van der Waals surface area contributed by atoms with Crippen LogP contribution in [0.4, 0.5) is 20.3 Å². The van der Waals surface area contributed by atoms with E-state index in [0.717, 1.165) is 54.5 Å². The highest BCUT2D eigenvalue weighted by Gasteiger charge is 2.39. The number of amides is 1. The third-order valence-corrected chi connectivity index (χ3v) is 6.39. The van der Waals surface area contributed by atoms with E-state index in [1.807, 2.05) is 11.0 Å². The molecule has 0 spiro atoms. The number of benzene rings is 1. The first kappa shape index (κ1) is 18.6. The van der Waals surface area contributed by atoms with Crippen LogP contribution in [0.15, 0.2) is 30.5 Å². The van der Waals surface area contributed by atoms with Gasteiger partial charge in [-0.1, -0.05) is 22.6 Å².